The van der Waals surface area contributed by atoms with E-state index in [9.17, 15) is 19.2 Å². The van der Waals surface area contributed by atoms with Crippen molar-refractivity contribution in [2.24, 2.45) is 0 Å². The SMILES string of the molecule is CCNC(=O)N1CCN(CC(=O)Nc2c(C#N)c(C)c(C)n2-c2ccc(F)cc2)CC1. The summed E-state index contributed by atoms with van der Waals surface area (Å²) in [5.41, 5.74) is 2.61. The lowest BCUT2D eigenvalue weighted by atomic mass is 10.2. The maximum atomic E-state index is 13.4. The second kappa shape index (κ2) is 9.62. The van der Waals surface area contributed by atoms with Gasteiger partial charge in [0, 0.05) is 44.1 Å². The van der Waals surface area contributed by atoms with E-state index in [1.807, 2.05) is 25.7 Å². The van der Waals surface area contributed by atoms with Crippen molar-refractivity contribution in [2.45, 2.75) is 20.8 Å². The molecular formula is C22H27FN6O2. The Bertz CT molecular complexity index is 1000. The largest absolute Gasteiger partial charge is 0.338 e. The first-order valence-electron chi connectivity index (χ1n) is 10.3. The van der Waals surface area contributed by atoms with Crippen LogP contribution in [0.3, 0.4) is 0 Å². The molecule has 0 unspecified atom stereocenters. The number of rotatable bonds is 5. The van der Waals surface area contributed by atoms with Crippen LogP contribution in [0.25, 0.3) is 5.69 Å². The minimum absolute atomic E-state index is 0.0895. The molecule has 8 nitrogen and oxygen atoms in total. The number of carbonyl (C=O) groups is 2. The molecule has 2 aromatic rings. The third-order valence-corrected chi connectivity index (χ3v) is 5.52. The molecule has 0 atom stereocenters. The van der Waals surface area contributed by atoms with E-state index in [1.54, 1.807) is 21.6 Å². The Morgan fingerprint density at radius 2 is 1.77 bits per heavy atom. The zero-order valence-corrected chi connectivity index (χ0v) is 18.0. The van der Waals surface area contributed by atoms with Gasteiger partial charge >= 0.3 is 6.03 Å². The summed E-state index contributed by atoms with van der Waals surface area (Å²) in [5.74, 6) is -0.220. The molecule has 1 aromatic carbocycles. The van der Waals surface area contributed by atoms with Gasteiger partial charge in [-0.3, -0.25) is 14.3 Å². The third-order valence-electron chi connectivity index (χ3n) is 5.52. The molecule has 1 fully saturated rings. The number of anilines is 1. The molecular weight excluding hydrogens is 399 g/mol. The molecule has 0 aliphatic carbocycles. The van der Waals surface area contributed by atoms with E-state index in [0.717, 1.165) is 11.3 Å². The lowest BCUT2D eigenvalue weighted by Gasteiger charge is -2.34. The molecule has 1 aliphatic rings. The summed E-state index contributed by atoms with van der Waals surface area (Å²) in [6.45, 7) is 8.56. The lowest BCUT2D eigenvalue weighted by molar-refractivity contribution is -0.117. The molecule has 0 bridgehead atoms. The van der Waals surface area contributed by atoms with Gasteiger partial charge < -0.3 is 15.5 Å². The quantitative estimate of drug-likeness (QED) is 0.768. The van der Waals surface area contributed by atoms with Crippen molar-refractivity contribution in [1.29, 1.82) is 5.26 Å². The number of aromatic nitrogens is 1. The molecule has 9 heteroatoms. The molecule has 1 aromatic heterocycles. The van der Waals surface area contributed by atoms with Gasteiger partial charge in [0.1, 0.15) is 17.7 Å². The molecule has 2 heterocycles. The predicted octanol–water partition coefficient (Wildman–Crippen LogP) is 2.39. The Hall–Kier alpha value is -3.38. The summed E-state index contributed by atoms with van der Waals surface area (Å²) in [7, 11) is 0. The van der Waals surface area contributed by atoms with E-state index in [1.165, 1.54) is 12.1 Å². The van der Waals surface area contributed by atoms with Crippen LogP contribution in [0.2, 0.25) is 0 Å². The second-order valence-corrected chi connectivity index (χ2v) is 7.50. The second-order valence-electron chi connectivity index (χ2n) is 7.50. The number of piperazine rings is 1. The number of benzene rings is 1. The summed E-state index contributed by atoms with van der Waals surface area (Å²) < 4.78 is 15.1. The average Bonchev–Trinajstić information content (AvgIpc) is 2.98. The van der Waals surface area contributed by atoms with Crippen LogP contribution >= 0.6 is 0 Å². The Kier molecular flexibility index (Phi) is 6.92. The number of nitrogens with one attached hydrogen (secondary N) is 2. The summed E-state index contributed by atoms with van der Waals surface area (Å²) in [5, 5.41) is 15.3. The number of nitrogens with zero attached hydrogens (tertiary/aromatic N) is 4. The van der Waals surface area contributed by atoms with Crippen molar-refractivity contribution in [1.82, 2.24) is 19.7 Å². The highest BCUT2D eigenvalue weighted by molar-refractivity contribution is 5.93. The summed E-state index contributed by atoms with van der Waals surface area (Å²) in [4.78, 5) is 28.4. The Morgan fingerprint density at radius 1 is 1.13 bits per heavy atom. The fourth-order valence-electron chi connectivity index (χ4n) is 3.72. The summed E-state index contributed by atoms with van der Waals surface area (Å²) in [6.07, 6.45) is 0. The smallest absolute Gasteiger partial charge is 0.317 e. The van der Waals surface area contributed by atoms with E-state index in [2.05, 4.69) is 16.7 Å². The Labute approximate surface area is 181 Å². The molecule has 0 saturated carbocycles. The number of carbonyl (C=O) groups excluding carboxylic acids is 2. The normalized spacial score (nSPS) is 14.2. The zero-order valence-electron chi connectivity index (χ0n) is 18.0. The fourth-order valence-corrected chi connectivity index (χ4v) is 3.72. The van der Waals surface area contributed by atoms with Gasteiger partial charge in [0.25, 0.3) is 0 Å². The molecule has 31 heavy (non-hydrogen) atoms. The van der Waals surface area contributed by atoms with Crippen molar-refractivity contribution >= 4 is 17.8 Å². The zero-order chi connectivity index (χ0) is 22.5. The van der Waals surface area contributed by atoms with E-state index >= 15 is 0 Å². The first-order valence-corrected chi connectivity index (χ1v) is 10.3. The van der Waals surface area contributed by atoms with Gasteiger partial charge in [0.2, 0.25) is 5.91 Å². The summed E-state index contributed by atoms with van der Waals surface area (Å²) in [6, 6.07) is 7.99. The highest BCUT2D eigenvalue weighted by Gasteiger charge is 2.24. The van der Waals surface area contributed by atoms with Crippen molar-refractivity contribution in [2.75, 3.05) is 44.6 Å². The minimum Gasteiger partial charge on any atom is -0.338 e. The van der Waals surface area contributed by atoms with Crippen LogP contribution in [0.4, 0.5) is 15.0 Å². The minimum atomic E-state index is -0.358. The predicted molar refractivity (Wildman–Crippen MR) is 116 cm³/mol. The standard InChI is InChI=1S/C22H27FN6O2/c1-4-25-22(31)28-11-9-27(10-12-28)14-20(30)26-21-19(13-24)15(2)16(3)29(21)18-7-5-17(23)6-8-18/h5-8H,4,9-12,14H2,1-3H3,(H,25,31)(H,26,30). The Morgan fingerprint density at radius 3 is 2.35 bits per heavy atom. The number of urea groups is 1. The van der Waals surface area contributed by atoms with Crippen LogP contribution in [0.5, 0.6) is 0 Å². The van der Waals surface area contributed by atoms with Gasteiger partial charge in [-0.05, 0) is 50.6 Å². The van der Waals surface area contributed by atoms with Gasteiger partial charge in [0.15, 0.2) is 0 Å². The van der Waals surface area contributed by atoms with E-state index < -0.39 is 0 Å². The van der Waals surface area contributed by atoms with Crippen LogP contribution in [0, 0.1) is 31.0 Å². The van der Waals surface area contributed by atoms with Gasteiger partial charge in [0.05, 0.1) is 12.1 Å². The maximum absolute atomic E-state index is 13.4. The average molecular weight is 426 g/mol. The maximum Gasteiger partial charge on any atom is 0.317 e. The van der Waals surface area contributed by atoms with Crippen LogP contribution < -0.4 is 10.6 Å². The Balaban J connectivity index is 1.73. The molecule has 2 N–H and O–H groups in total. The van der Waals surface area contributed by atoms with Gasteiger partial charge in [-0.1, -0.05) is 0 Å². The molecule has 3 amide bonds. The first kappa shape index (κ1) is 22.3. The van der Waals surface area contributed by atoms with Crippen LogP contribution in [-0.4, -0.2) is 65.6 Å². The molecule has 164 valence electrons. The van der Waals surface area contributed by atoms with Gasteiger partial charge in [-0.2, -0.15) is 5.26 Å². The molecule has 3 rings (SSSR count). The van der Waals surface area contributed by atoms with Crippen LogP contribution in [0.15, 0.2) is 24.3 Å². The van der Waals surface area contributed by atoms with Crippen molar-refractivity contribution in [3.8, 4) is 11.8 Å². The van der Waals surface area contributed by atoms with E-state index in [0.29, 0.717) is 49.8 Å². The molecule has 1 saturated heterocycles. The third kappa shape index (κ3) is 4.86. The van der Waals surface area contributed by atoms with Gasteiger partial charge in [-0.25, -0.2) is 9.18 Å². The van der Waals surface area contributed by atoms with Gasteiger partial charge in [-0.15, -0.1) is 0 Å². The lowest BCUT2D eigenvalue weighted by Crippen LogP contribution is -2.53. The number of hydrogen-bond acceptors (Lipinski definition) is 4. The highest BCUT2D eigenvalue weighted by atomic mass is 19.1. The number of halogens is 1. The fraction of sp³-hybridized carbons (Fsp3) is 0.409. The van der Waals surface area contributed by atoms with Crippen molar-refractivity contribution in [3.63, 3.8) is 0 Å². The van der Waals surface area contributed by atoms with Crippen LogP contribution in [-0.2, 0) is 4.79 Å². The van der Waals surface area contributed by atoms with E-state index in [-0.39, 0.29) is 24.3 Å². The van der Waals surface area contributed by atoms with E-state index in [4.69, 9.17) is 0 Å². The highest BCUT2D eigenvalue weighted by Crippen LogP contribution is 2.30. The number of amides is 3. The number of hydrogen-bond donors (Lipinski definition) is 2. The first-order chi connectivity index (χ1) is 14.8. The topological polar surface area (TPSA) is 93.4 Å². The van der Waals surface area contributed by atoms with Crippen molar-refractivity contribution in [3.05, 3.63) is 46.9 Å². The monoisotopic (exact) mass is 426 g/mol. The summed E-state index contributed by atoms with van der Waals surface area (Å²) >= 11 is 0. The van der Waals surface area contributed by atoms with Crippen LogP contribution in [0.1, 0.15) is 23.7 Å². The molecule has 0 spiro atoms. The van der Waals surface area contributed by atoms with Crippen molar-refractivity contribution < 1.29 is 14.0 Å². The molecule has 0 radical (unpaired) electrons. The molecule has 1 aliphatic heterocycles. The number of nitriles is 1.